The maximum atomic E-state index is 11.9. The highest BCUT2D eigenvalue weighted by molar-refractivity contribution is 7.84. The van der Waals surface area contributed by atoms with Gasteiger partial charge in [0.2, 0.25) is 0 Å². The number of benzene rings is 1. The van der Waals surface area contributed by atoms with E-state index in [2.05, 4.69) is 24.0 Å². The van der Waals surface area contributed by atoms with Gasteiger partial charge < -0.3 is 10.4 Å². The molecule has 2 N–H and O–H groups in total. The Kier molecular flexibility index (Phi) is 3.86. The summed E-state index contributed by atoms with van der Waals surface area (Å²) in [5, 5.41) is 22.1. The smallest absolute Gasteiger partial charge is 0.158 e. The van der Waals surface area contributed by atoms with E-state index in [0.29, 0.717) is 21.9 Å². The third-order valence-electron chi connectivity index (χ3n) is 3.27. The molecule has 1 atom stereocenters. The van der Waals surface area contributed by atoms with Gasteiger partial charge in [-0.3, -0.25) is 4.79 Å². The molecule has 5 heteroatoms. The molecule has 1 aromatic rings. The summed E-state index contributed by atoms with van der Waals surface area (Å²) >= 11 is 4.29. The number of carbonyl (C=O) groups is 1. The number of aromatic hydroxyl groups is 1. The number of thiol groups is 1. The number of carbonyl (C=O) groups excluding carboxylic acids is 1. The molecule has 0 amide bonds. The normalized spacial score (nSPS) is 18.6. The third kappa shape index (κ3) is 2.43. The molecule has 4 nitrogen and oxygen atoms in total. The van der Waals surface area contributed by atoms with Crippen LogP contribution in [0.4, 0.5) is 0 Å². The van der Waals surface area contributed by atoms with Gasteiger partial charge in [-0.05, 0) is 31.5 Å². The first kappa shape index (κ1) is 14.2. The van der Waals surface area contributed by atoms with Gasteiger partial charge in [0.05, 0.1) is 22.6 Å². The molecule has 0 fully saturated rings. The van der Waals surface area contributed by atoms with Crippen molar-refractivity contribution in [2.24, 2.45) is 0 Å². The van der Waals surface area contributed by atoms with Crippen molar-refractivity contribution in [3.05, 3.63) is 51.7 Å². The maximum Gasteiger partial charge on any atom is 0.158 e. The minimum absolute atomic E-state index is 0.0957. The van der Waals surface area contributed by atoms with Crippen molar-refractivity contribution in [2.75, 3.05) is 0 Å². The fraction of sp³-hybridized carbons (Fsp3) is 0.200. The highest BCUT2D eigenvalue weighted by Crippen LogP contribution is 2.39. The number of hydrogen-bond acceptors (Lipinski definition) is 5. The zero-order valence-electron chi connectivity index (χ0n) is 11.1. The molecule has 1 aliphatic heterocycles. The Balaban J connectivity index is 2.64. The average Bonchev–Trinajstić information content (AvgIpc) is 2.38. The first-order chi connectivity index (χ1) is 9.45. The van der Waals surface area contributed by atoms with Gasteiger partial charge in [-0.1, -0.05) is 12.1 Å². The van der Waals surface area contributed by atoms with Gasteiger partial charge in [0.25, 0.3) is 0 Å². The van der Waals surface area contributed by atoms with E-state index in [1.165, 1.54) is 19.1 Å². The second-order valence-electron chi connectivity index (χ2n) is 4.62. The van der Waals surface area contributed by atoms with Gasteiger partial charge in [-0.25, -0.2) is 0 Å². The molecular weight excluding hydrogens is 272 g/mol. The van der Waals surface area contributed by atoms with Crippen LogP contribution in [-0.4, -0.2) is 10.9 Å². The second kappa shape index (κ2) is 5.43. The molecule has 102 valence electrons. The SMILES string of the molecule is CC(=O)C1=C(C)NC(S)=C(C#N)C1c1ccc(O)cc1. The quantitative estimate of drug-likeness (QED) is 0.731. The highest BCUT2D eigenvalue weighted by atomic mass is 32.1. The van der Waals surface area contributed by atoms with Gasteiger partial charge in [0.15, 0.2) is 5.78 Å². The minimum Gasteiger partial charge on any atom is -0.508 e. The molecule has 1 unspecified atom stereocenters. The van der Waals surface area contributed by atoms with E-state index < -0.39 is 5.92 Å². The summed E-state index contributed by atoms with van der Waals surface area (Å²) in [6.45, 7) is 3.26. The lowest BCUT2D eigenvalue weighted by molar-refractivity contribution is -0.113. The van der Waals surface area contributed by atoms with Crippen LogP contribution in [0.5, 0.6) is 5.75 Å². The fourth-order valence-electron chi connectivity index (χ4n) is 2.39. The minimum atomic E-state index is -0.452. The van der Waals surface area contributed by atoms with Crippen molar-refractivity contribution in [2.45, 2.75) is 19.8 Å². The van der Waals surface area contributed by atoms with Crippen molar-refractivity contribution in [3.8, 4) is 11.8 Å². The van der Waals surface area contributed by atoms with E-state index in [0.717, 1.165) is 5.56 Å². The van der Waals surface area contributed by atoms with Crippen LogP contribution in [0.2, 0.25) is 0 Å². The molecular formula is C15H14N2O2S. The van der Waals surface area contributed by atoms with Gasteiger partial charge in [0, 0.05) is 11.3 Å². The van der Waals surface area contributed by atoms with Crippen molar-refractivity contribution in [1.29, 1.82) is 5.26 Å². The molecule has 2 rings (SSSR count). The fourth-order valence-corrected chi connectivity index (χ4v) is 2.74. The van der Waals surface area contributed by atoms with Crippen LogP contribution in [0, 0.1) is 11.3 Å². The molecule has 20 heavy (non-hydrogen) atoms. The van der Waals surface area contributed by atoms with E-state index in [1.54, 1.807) is 19.1 Å². The monoisotopic (exact) mass is 286 g/mol. The predicted molar refractivity (Wildman–Crippen MR) is 79.0 cm³/mol. The lowest BCUT2D eigenvalue weighted by Crippen LogP contribution is -2.26. The third-order valence-corrected chi connectivity index (χ3v) is 3.62. The lowest BCUT2D eigenvalue weighted by atomic mass is 9.81. The molecule has 0 spiro atoms. The van der Waals surface area contributed by atoms with Crippen LogP contribution in [-0.2, 0) is 4.79 Å². The number of ketones is 1. The van der Waals surface area contributed by atoms with Crippen LogP contribution in [0.25, 0.3) is 0 Å². The van der Waals surface area contributed by atoms with Crippen LogP contribution >= 0.6 is 12.6 Å². The molecule has 0 aliphatic carbocycles. The van der Waals surface area contributed by atoms with E-state index in [4.69, 9.17) is 0 Å². The number of Topliss-reactive ketones (excluding diaryl/α,β-unsaturated/α-hetero) is 1. The van der Waals surface area contributed by atoms with E-state index in [-0.39, 0.29) is 11.5 Å². The van der Waals surface area contributed by atoms with Crippen LogP contribution in [0.15, 0.2) is 46.1 Å². The first-order valence-corrected chi connectivity index (χ1v) is 6.51. The Labute approximate surface area is 122 Å². The number of nitrogens with zero attached hydrogens (tertiary/aromatic N) is 1. The topological polar surface area (TPSA) is 73.1 Å². The van der Waals surface area contributed by atoms with Crippen molar-refractivity contribution in [3.63, 3.8) is 0 Å². The number of rotatable bonds is 2. The number of hydrogen-bond donors (Lipinski definition) is 3. The van der Waals surface area contributed by atoms with Gasteiger partial charge >= 0.3 is 0 Å². The molecule has 1 heterocycles. The predicted octanol–water partition coefficient (Wildman–Crippen LogP) is 2.61. The Morgan fingerprint density at radius 3 is 2.50 bits per heavy atom. The van der Waals surface area contributed by atoms with E-state index in [9.17, 15) is 15.2 Å². The number of allylic oxidation sites excluding steroid dienone is 3. The average molecular weight is 286 g/mol. The van der Waals surface area contributed by atoms with Crippen LogP contribution in [0.1, 0.15) is 25.3 Å². The Morgan fingerprint density at radius 2 is 2.00 bits per heavy atom. The van der Waals surface area contributed by atoms with Crippen LogP contribution in [0.3, 0.4) is 0 Å². The second-order valence-corrected chi connectivity index (χ2v) is 5.07. The molecule has 0 saturated carbocycles. The van der Waals surface area contributed by atoms with Crippen LogP contribution < -0.4 is 5.32 Å². The number of phenolic OH excluding ortho intramolecular Hbond substituents is 1. The zero-order chi connectivity index (χ0) is 14.9. The van der Waals surface area contributed by atoms with Gasteiger partial charge in [-0.15, -0.1) is 12.6 Å². The molecule has 0 bridgehead atoms. The molecule has 0 saturated heterocycles. The largest absolute Gasteiger partial charge is 0.508 e. The molecule has 0 aromatic heterocycles. The number of phenols is 1. The van der Waals surface area contributed by atoms with Crippen molar-refractivity contribution >= 4 is 18.4 Å². The summed E-state index contributed by atoms with van der Waals surface area (Å²) < 4.78 is 0. The number of nitrogens with one attached hydrogen (secondary N) is 1. The lowest BCUT2D eigenvalue weighted by Gasteiger charge is -2.27. The Morgan fingerprint density at radius 1 is 1.40 bits per heavy atom. The number of nitriles is 1. The standard InChI is InChI=1S/C15H14N2O2S/c1-8-13(9(2)18)14(12(7-16)15(20)17-8)10-3-5-11(19)6-4-10/h3-6,14,17,19-20H,1-2H3. The van der Waals surface area contributed by atoms with E-state index >= 15 is 0 Å². The zero-order valence-corrected chi connectivity index (χ0v) is 12.0. The summed E-state index contributed by atoms with van der Waals surface area (Å²) in [4.78, 5) is 11.9. The highest BCUT2D eigenvalue weighted by Gasteiger charge is 2.31. The van der Waals surface area contributed by atoms with Gasteiger partial charge in [-0.2, -0.15) is 5.26 Å². The van der Waals surface area contributed by atoms with Crippen molar-refractivity contribution in [1.82, 2.24) is 5.32 Å². The summed E-state index contributed by atoms with van der Waals surface area (Å²) in [6.07, 6.45) is 0. The number of dihydropyridines is 1. The van der Waals surface area contributed by atoms with Gasteiger partial charge in [0.1, 0.15) is 5.75 Å². The Hall–Kier alpha value is -2.19. The summed E-state index contributed by atoms with van der Waals surface area (Å²) in [6, 6.07) is 8.61. The molecule has 0 radical (unpaired) electrons. The first-order valence-electron chi connectivity index (χ1n) is 6.06. The summed E-state index contributed by atoms with van der Waals surface area (Å²) in [5.41, 5.74) is 2.41. The van der Waals surface area contributed by atoms with Crippen molar-refractivity contribution < 1.29 is 9.90 Å². The van der Waals surface area contributed by atoms with E-state index in [1.807, 2.05) is 0 Å². The molecule has 1 aliphatic rings. The maximum absolute atomic E-state index is 11.9. The summed E-state index contributed by atoms with van der Waals surface area (Å²) in [5.74, 6) is -0.408. The molecule has 1 aromatic carbocycles. The Bertz CT molecular complexity index is 666. The summed E-state index contributed by atoms with van der Waals surface area (Å²) in [7, 11) is 0.